The quantitative estimate of drug-likeness (QED) is 0.484. The zero-order chi connectivity index (χ0) is 17.3. The zero-order valence-electron chi connectivity index (χ0n) is 13.2. The fourth-order valence-corrected chi connectivity index (χ4v) is 2.43. The highest BCUT2D eigenvalue weighted by Gasteiger charge is 2.10. The molecule has 0 fully saturated rings. The third kappa shape index (κ3) is 2.45. The van der Waals surface area contributed by atoms with Gasteiger partial charge in [-0.25, -0.2) is 0 Å². The summed E-state index contributed by atoms with van der Waals surface area (Å²) in [5.74, 6) is 0.491. The van der Waals surface area contributed by atoms with Crippen LogP contribution in [0.2, 0.25) is 0 Å². The van der Waals surface area contributed by atoms with Crippen LogP contribution in [0.4, 0.5) is 0 Å². The van der Waals surface area contributed by atoms with Crippen LogP contribution < -0.4 is 9.68 Å². The van der Waals surface area contributed by atoms with Gasteiger partial charge in [0, 0.05) is 0 Å². The van der Waals surface area contributed by atoms with Crippen molar-refractivity contribution in [3.63, 3.8) is 0 Å². The van der Waals surface area contributed by atoms with E-state index < -0.39 is 0 Å². The summed E-state index contributed by atoms with van der Waals surface area (Å²) >= 11 is 0. The molecule has 126 valence electrons. The van der Waals surface area contributed by atoms with Gasteiger partial charge in [-0.1, -0.05) is 34.0 Å². The highest BCUT2D eigenvalue weighted by molar-refractivity contribution is 5.74. The lowest BCUT2D eigenvalue weighted by Gasteiger charge is -2.06. The van der Waals surface area contributed by atoms with E-state index in [4.69, 9.17) is 9.68 Å². The SMILES string of the molecule is c1ccc2c(c1)nnn2Oc1cc(On2nnc3ccccc32)ncn1. The van der Waals surface area contributed by atoms with Crippen LogP contribution in [0.3, 0.4) is 0 Å². The number of hydrogen-bond acceptors (Lipinski definition) is 8. The van der Waals surface area contributed by atoms with Gasteiger partial charge >= 0.3 is 0 Å². The molecule has 5 aromatic rings. The van der Waals surface area contributed by atoms with Crippen LogP contribution in [0.5, 0.6) is 11.8 Å². The van der Waals surface area contributed by atoms with Gasteiger partial charge in [-0.15, -0.1) is 10.2 Å². The Labute approximate surface area is 145 Å². The highest BCUT2D eigenvalue weighted by Crippen LogP contribution is 2.18. The molecule has 3 aromatic heterocycles. The van der Waals surface area contributed by atoms with E-state index in [0.29, 0.717) is 11.0 Å². The predicted octanol–water partition coefficient (Wildman–Crippen LogP) is 1.65. The Morgan fingerprint density at radius 1 is 0.654 bits per heavy atom. The summed E-state index contributed by atoms with van der Waals surface area (Å²) in [6.45, 7) is 0. The standard InChI is InChI=1S/C16H10N8O2/c1-3-7-13-11(5-1)19-21-23(13)25-15-9-16(18-10-17-15)26-24-14-8-4-2-6-12(14)20-22-24/h1-10H. The molecule has 0 aliphatic carbocycles. The predicted molar refractivity (Wildman–Crippen MR) is 89.1 cm³/mol. The van der Waals surface area contributed by atoms with Gasteiger partial charge in [-0.2, -0.15) is 9.97 Å². The number of rotatable bonds is 4. The molecular formula is C16H10N8O2. The Hall–Kier alpha value is -4.08. The van der Waals surface area contributed by atoms with E-state index >= 15 is 0 Å². The van der Waals surface area contributed by atoms with E-state index in [2.05, 4.69) is 30.6 Å². The Bertz CT molecular complexity index is 1120. The Kier molecular flexibility index (Phi) is 3.17. The van der Waals surface area contributed by atoms with Gasteiger partial charge < -0.3 is 9.68 Å². The van der Waals surface area contributed by atoms with Gasteiger partial charge in [-0.3, -0.25) is 0 Å². The lowest BCUT2D eigenvalue weighted by Crippen LogP contribution is -2.11. The Balaban J connectivity index is 1.44. The minimum absolute atomic E-state index is 0.245. The third-order valence-corrected chi connectivity index (χ3v) is 3.62. The van der Waals surface area contributed by atoms with Crippen LogP contribution >= 0.6 is 0 Å². The molecule has 2 aromatic carbocycles. The maximum absolute atomic E-state index is 5.65. The van der Waals surface area contributed by atoms with Crippen molar-refractivity contribution < 1.29 is 9.68 Å². The molecule has 0 aliphatic rings. The minimum atomic E-state index is 0.245. The molecule has 0 bridgehead atoms. The van der Waals surface area contributed by atoms with Crippen molar-refractivity contribution in [1.82, 2.24) is 40.3 Å². The maximum Gasteiger partial charge on any atom is 0.255 e. The second-order valence-corrected chi connectivity index (χ2v) is 5.28. The molecule has 5 rings (SSSR count). The van der Waals surface area contributed by atoms with Crippen molar-refractivity contribution in [1.29, 1.82) is 0 Å². The number of aromatic nitrogens is 8. The zero-order valence-corrected chi connectivity index (χ0v) is 13.2. The molecule has 26 heavy (non-hydrogen) atoms. The molecule has 0 N–H and O–H groups in total. The van der Waals surface area contributed by atoms with Crippen molar-refractivity contribution in [2.75, 3.05) is 0 Å². The van der Waals surface area contributed by atoms with Gasteiger partial charge in [0.05, 0.1) is 6.07 Å². The third-order valence-electron chi connectivity index (χ3n) is 3.62. The molecule has 0 aliphatic heterocycles. The molecular weight excluding hydrogens is 336 g/mol. The lowest BCUT2D eigenvalue weighted by molar-refractivity contribution is 0.161. The van der Waals surface area contributed by atoms with E-state index in [1.165, 1.54) is 22.1 Å². The molecule has 0 saturated heterocycles. The first-order valence-corrected chi connectivity index (χ1v) is 7.66. The number of para-hydroxylation sites is 2. The summed E-state index contributed by atoms with van der Waals surface area (Å²) in [6, 6.07) is 16.4. The smallest absolute Gasteiger partial charge is 0.255 e. The Morgan fingerprint density at radius 2 is 1.15 bits per heavy atom. The summed E-state index contributed by atoms with van der Waals surface area (Å²) in [7, 11) is 0. The van der Waals surface area contributed by atoms with Gasteiger partial charge in [0.15, 0.2) is 0 Å². The average molecular weight is 346 g/mol. The number of fused-ring (bicyclic) bond motifs is 2. The van der Waals surface area contributed by atoms with Gasteiger partial charge in [0.1, 0.15) is 28.4 Å². The summed E-state index contributed by atoms with van der Waals surface area (Å²) in [5, 5.41) is 16.0. The molecule has 0 atom stereocenters. The van der Waals surface area contributed by atoms with Crippen LogP contribution in [0, 0.1) is 0 Å². The van der Waals surface area contributed by atoms with Crippen molar-refractivity contribution in [2.24, 2.45) is 0 Å². The van der Waals surface area contributed by atoms with E-state index in [1.807, 2.05) is 48.5 Å². The first kappa shape index (κ1) is 14.3. The number of benzene rings is 2. The Morgan fingerprint density at radius 3 is 1.69 bits per heavy atom. The first-order chi connectivity index (χ1) is 12.9. The number of nitrogens with zero attached hydrogens (tertiary/aromatic N) is 8. The fourth-order valence-electron chi connectivity index (χ4n) is 2.43. The second-order valence-electron chi connectivity index (χ2n) is 5.28. The molecule has 0 radical (unpaired) electrons. The van der Waals surface area contributed by atoms with Crippen molar-refractivity contribution in [2.45, 2.75) is 0 Å². The van der Waals surface area contributed by atoms with Gasteiger partial charge in [-0.05, 0) is 34.7 Å². The van der Waals surface area contributed by atoms with E-state index in [0.717, 1.165) is 11.0 Å². The average Bonchev–Trinajstić information content (AvgIpc) is 3.27. The molecule has 3 heterocycles. The van der Waals surface area contributed by atoms with Crippen molar-refractivity contribution >= 4 is 22.1 Å². The monoisotopic (exact) mass is 346 g/mol. The largest absolute Gasteiger partial charge is 0.335 e. The van der Waals surface area contributed by atoms with E-state index in [-0.39, 0.29) is 11.8 Å². The summed E-state index contributed by atoms with van der Waals surface area (Å²) in [6.07, 6.45) is 1.32. The van der Waals surface area contributed by atoms with E-state index in [1.54, 1.807) is 0 Å². The maximum atomic E-state index is 5.65. The highest BCUT2D eigenvalue weighted by atomic mass is 16.7. The van der Waals surface area contributed by atoms with Crippen molar-refractivity contribution in [3.05, 3.63) is 60.9 Å². The molecule has 10 heteroatoms. The topological polar surface area (TPSA) is 106 Å². The normalized spacial score (nSPS) is 11.1. The summed E-state index contributed by atoms with van der Waals surface area (Å²) in [5.41, 5.74) is 2.87. The first-order valence-electron chi connectivity index (χ1n) is 7.66. The lowest BCUT2D eigenvalue weighted by atomic mass is 10.3. The number of hydrogen-bond donors (Lipinski definition) is 0. The van der Waals surface area contributed by atoms with E-state index in [9.17, 15) is 0 Å². The molecule has 0 spiro atoms. The van der Waals surface area contributed by atoms with Crippen LogP contribution in [-0.4, -0.2) is 40.3 Å². The van der Waals surface area contributed by atoms with Crippen LogP contribution in [0.25, 0.3) is 22.1 Å². The summed E-state index contributed by atoms with van der Waals surface area (Å²) in [4.78, 5) is 22.0. The molecule has 10 nitrogen and oxygen atoms in total. The van der Waals surface area contributed by atoms with Crippen LogP contribution in [0.1, 0.15) is 0 Å². The molecule has 0 unspecified atom stereocenters. The summed E-state index contributed by atoms with van der Waals surface area (Å²) < 4.78 is 0. The molecule has 0 amide bonds. The molecule has 0 saturated carbocycles. The van der Waals surface area contributed by atoms with Crippen molar-refractivity contribution in [3.8, 4) is 11.8 Å². The second kappa shape index (κ2) is 5.77. The van der Waals surface area contributed by atoms with Gasteiger partial charge in [0.25, 0.3) is 11.8 Å². The minimum Gasteiger partial charge on any atom is -0.335 e. The fraction of sp³-hybridized carbons (Fsp3) is 0. The van der Waals surface area contributed by atoms with Crippen LogP contribution in [0.15, 0.2) is 60.9 Å². The van der Waals surface area contributed by atoms with Crippen LogP contribution in [-0.2, 0) is 0 Å². The van der Waals surface area contributed by atoms with Gasteiger partial charge in [0.2, 0.25) is 0 Å².